The van der Waals surface area contributed by atoms with Crippen LogP contribution in [0.2, 0.25) is 0 Å². The van der Waals surface area contributed by atoms with E-state index >= 15 is 0 Å². The van der Waals surface area contributed by atoms with E-state index in [1.165, 1.54) is 18.2 Å². The van der Waals surface area contributed by atoms with E-state index in [0.29, 0.717) is 16.9 Å². The van der Waals surface area contributed by atoms with Gasteiger partial charge < -0.3 is 24.5 Å². The summed E-state index contributed by atoms with van der Waals surface area (Å²) in [5.41, 5.74) is 0.187. The van der Waals surface area contributed by atoms with Crippen LogP contribution in [0.3, 0.4) is 0 Å². The first-order valence-electron chi connectivity index (χ1n) is 7.99. The molecule has 0 radical (unpaired) electrons. The number of rotatable bonds is 1. The number of benzene rings is 2. The third-order valence-electron chi connectivity index (χ3n) is 4.21. The van der Waals surface area contributed by atoms with Gasteiger partial charge in [-0.1, -0.05) is 6.08 Å². The van der Waals surface area contributed by atoms with Crippen molar-refractivity contribution in [3.05, 3.63) is 52.2 Å². The minimum atomic E-state index is -0.531. The third kappa shape index (κ3) is 2.56. The second kappa shape index (κ2) is 5.29. The first-order valence-corrected chi connectivity index (χ1v) is 7.99. The zero-order valence-corrected chi connectivity index (χ0v) is 14.1. The predicted molar refractivity (Wildman–Crippen MR) is 96.7 cm³/mol. The maximum atomic E-state index is 12.4. The fraction of sp³-hybridized carbons (Fsp3) is 0.150. The lowest BCUT2D eigenvalue weighted by Gasteiger charge is -2.28. The molecular weight excluding hydrogens is 336 g/mol. The summed E-state index contributed by atoms with van der Waals surface area (Å²) in [6, 6.07) is 6.74. The van der Waals surface area contributed by atoms with Gasteiger partial charge in [0.15, 0.2) is 16.9 Å². The molecule has 2 heterocycles. The summed E-state index contributed by atoms with van der Waals surface area (Å²) < 4.78 is 11.5. The maximum absolute atomic E-state index is 12.4. The second-order valence-corrected chi connectivity index (χ2v) is 6.77. The Morgan fingerprint density at radius 3 is 2.50 bits per heavy atom. The Labute approximate surface area is 148 Å². The molecule has 3 N–H and O–H groups in total. The zero-order chi connectivity index (χ0) is 18.6. The molecule has 0 amide bonds. The maximum Gasteiger partial charge on any atom is 0.197 e. The van der Waals surface area contributed by atoms with E-state index in [1.807, 2.05) is 26.0 Å². The van der Waals surface area contributed by atoms with Crippen molar-refractivity contribution in [2.45, 2.75) is 19.4 Å². The number of phenolic OH excluding ortho intramolecular Hbond substituents is 3. The van der Waals surface area contributed by atoms with Crippen LogP contribution >= 0.6 is 0 Å². The molecule has 4 rings (SSSR count). The van der Waals surface area contributed by atoms with E-state index in [1.54, 1.807) is 6.07 Å². The predicted octanol–water partition coefficient (Wildman–Crippen LogP) is 3.76. The molecule has 1 aliphatic rings. The lowest BCUT2D eigenvalue weighted by Crippen LogP contribution is -2.27. The highest BCUT2D eigenvalue weighted by Gasteiger charge is 2.25. The zero-order valence-electron chi connectivity index (χ0n) is 14.1. The first-order chi connectivity index (χ1) is 12.2. The molecule has 0 saturated carbocycles. The van der Waals surface area contributed by atoms with Crippen LogP contribution in [-0.2, 0) is 0 Å². The summed E-state index contributed by atoms with van der Waals surface area (Å²) in [5.74, 6) is -0.0887. The Bertz CT molecular complexity index is 1140. The summed E-state index contributed by atoms with van der Waals surface area (Å²) >= 11 is 0. The van der Waals surface area contributed by atoms with Crippen molar-refractivity contribution in [1.82, 2.24) is 0 Å². The summed E-state index contributed by atoms with van der Waals surface area (Å²) in [4.78, 5) is 12.4. The van der Waals surface area contributed by atoms with Crippen LogP contribution in [-0.4, -0.2) is 20.9 Å². The van der Waals surface area contributed by atoms with Crippen LogP contribution < -0.4 is 10.2 Å². The summed E-state index contributed by atoms with van der Waals surface area (Å²) in [7, 11) is 0. The number of hydrogen-bond donors (Lipinski definition) is 3. The van der Waals surface area contributed by atoms with Crippen molar-refractivity contribution >= 4 is 17.0 Å². The minimum Gasteiger partial charge on any atom is -0.508 e. The Balaban J connectivity index is 1.92. The van der Waals surface area contributed by atoms with Crippen LogP contribution in [0.1, 0.15) is 19.4 Å². The van der Waals surface area contributed by atoms with Crippen molar-refractivity contribution in [1.29, 1.82) is 0 Å². The van der Waals surface area contributed by atoms with E-state index in [4.69, 9.17) is 9.15 Å². The van der Waals surface area contributed by atoms with Crippen LogP contribution in [0.25, 0.3) is 28.4 Å². The standard InChI is InChI=1S/C20H16O6/c1-20(2)4-3-10-5-11(6-15(24)19(10)26-20)16-9-14(23)18-13(22)7-12(21)8-17(18)25-16/h3-9,21-22,24H,1-2H3. The normalized spacial score (nSPS) is 14.8. The molecule has 132 valence electrons. The van der Waals surface area contributed by atoms with E-state index in [9.17, 15) is 20.1 Å². The van der Waals surface area contributed by atoms with Gasteiger partial charge in [-0.2, -0.15) is 0 Å². The van der Waals surface area contributed by atoms with Crippen molar-refractivity contribution < 1.29 is 24.5 Å². The topological polar surface area (TPSA) is 100 Å². The fourth-order valence-electron chi connectivity index (χ4n) is 3.00. The summed E-state index contributed by atoms with van der Waals surface area (Å²) in [5, 5.41) is 29.8. The van der Waals surface area contributed by atoms with Gasteiger partial charge in [0, 0.05) is 29.3 Å². The Morgan fingerprint density at radius 2 is 1.73 bits per heavy atom. The lowest BCUT2D eigenvalue weighted by molar-refractivity contribution is 0.153. The molecule has 0 saturated heterocycles. The monoisotopic (exact) mass is 352 g/mol. The average molecular weight is 352 g/mol. The van der Waals surface area contributed by atoms with Gasteiger partial charge in [0.2, 0.25) is 0 Å². The van der Waals surface area contributed by atoms with Gasteiger partial charge in [-0.15, -0.1) is 0 Å². The number of fused-ring (bicyclic) bond motifs is 2. The molecule has 1 aromatic heterocycles. The number of ether oxygens (including phenoxy) is 1. The van der Waals surface area contributed by atoms with Gasteiger partial charge in [0.1, 0.15) is 33.8 Å². The van der Waals surface area contributed by atoms with Crippen LogP contribution in [0, 0.1) is 0 Å². The van der Waals surface area contributed by atoms with E-state index in [0.717, 1.165) is 6.07 Å². The van der Waals surface area contributed by atoms with Gasteiger partial charge in [-0.05, 0) is 32.1 Å². The molecule has 1 aliphatic heterocycles. The smallest absolute Gasteiger partial charge is 0.197 e. The second-order valence-electron chi connectivity index (χ2n) is 6.77. The molecule has 26 heavy (non-hydrogen) atoms. The summed E-state index contributed by atoms with van der Waals surface area (Å²) in [6.07, 6.45) is 3.70. The van der Waals surface area contributed by atoms with E-state index in [2.05, 4.69) is 0 Å². The molecule has 0 bridgehead atoms. The molecule has 6 heteroatoms. The van der Waals surface area contributed by atoms with Gasteiger partial charge in [-0.25, -0.2) is 0 Å². The minimum absolute atomic E-state index is 0.0151. The molecule has 0 unspecified atom stereocenters. The number of aromatic hydroxyl groups is 3. The SMILES string of the molecule is CC1(C)C=Cc2cc(-c3cc(=O)c4c(O)cc(O)cc4o3)cc(O)c2O1. The number of hydrogen-bond acceptors (Lipinski definition) is 6. The van der Waals surface area contributed by atoms with E-state index in [-0.39, 0.29) is 34.0 Å². The molecule has 0 atom stereocenters. The highest BCUT2D eigenvalue weighted by molar-refractivity contribution is 5.86. The molecule has 3 aromatic rings. The first kappa shape index (κ1) is 16.1. The van der Waals surface area contributed by atoms with Gasteiger partial charge in [-0.3, -0.25) is 4.79 Å². The molecule has 0 aliphatic carbocycles. The van der Waals surface area contributed by atoms with Crippen molar-refractivity contribution in [2.75, 3.05) is 0 Å². The Hall–Kier alpha value is -3.41. The van der Waals surface area contributed by atoms with Crippen LogP contribution in [0.15, 0.2) is 45.6 Å². The molecule has 0 fully saturated rings. The highest BCUT2D eigenvalue weighted by Crippen LogP contribution is 2.41. The molecular formula is C20H16O6. The fourth-order valence-corrected chi connectivity index (χ4v) is 3.00. The van der Waals surface area contributed by atoms with Gasteiger partial charge in [0.05, 0.1) is 0 Å². The highest BCUT2D eigenvalue weighted by atomic mass is 16.5. The van der Waals surface area contributed by atoms with Gasteiger partial charge >= 0.3 is 0 Å². The van der Waals surface area contributed by atoms with Gasteiger partial charge in [0.25, 0.3) is 0 Å². The van der Waals surface area contributed by atoms with Crippen molar-refractivity contribution in [3.8, 4) is 34.3 Å². The largest absolute Gasteiger partial charge is 0.508 e. The molecule has 2 aromatic carbocycles. The average Bonchev–Trinajstić information content (AvgIpc) is 2.53. The molecule has 6 nitrogen and oxygen atoms in total. The summed E-state index contributed by atoms with van der Waals surface area (Å²) in [6.45, 7) is 3.75. The third-order valence-corrected chi connectivity index (χ3v) is 4.21. The Kier molecular flexibility index (Phi) is 3.27. The van der Waals surface area contributed by atoms with Crippen LogP contribution in [0.4, 0.5) is 0 Å². The number of phenols is 3. The van der Waals surface area contributed by atoms with Crippen LogP contribution in [0.5, 0.6) is 23.0 Å². The molecule has 0 spiro atoms. The van der Waals surface area contributed by atoms with Crippen molar-refractivity contribution in [3.63, 3.8) is 0 Å². The van der Waals surface area contributed by atoms with E-state index < -0.39 is 11.0 Å². The Morgan fingerprint density at radius 1 is 0.962 bits per heavy atom. The van der Waals surface area contributed by atoms with Crippen molar-refractivity contribution in [2.24, 2.45) is 0 Å². The quantitative estimate of drug-likeness (QED) is 0.616. The lowest BCUT2D eigenvalue weighted by atomic mass is 9.99.